The topological polar surface area (TPSA) is 102 Å². The Bertz CT molecular complexity index is 1260. The fourth-order valence-corrected chi connectivity index (χ4v) is 5.24. The number of hydrogen-bond donors (Lipinski definition) is 1. The van der Waals surface area contributed by atoms with Crippen molar-refractivity contribution in [3.8, 4) is 11.3 Å². The van der Waals surface area contributed by atoms with E-state index in [4.69, 9.17) is 9.26 Å². The summed E-state index contributed by atoms with van der Waals surface area (Å²) in [6.07, 6.45) is -0.378. The maximum atomic E-state index is 13.8. The molecule has 1 aliphatic heterocycles. The van der Waals surface area contributed by atoms with Crippen LogP contribution >= 0.6 is 0 Å². The van der Waals surface area contributed by atoms with Crippen molar-refractivity contribution in [1.82, 2.24) is 9.46 Å². The monoisotopic (exact) mass is 473 g/mol. The molecule has 33 heavy (non-hydrogen) atoms. The summed E-state index contributed by atoms with van der Waals surface area (Å²) >= 11 is 0. The number of carbonyl (C=O) groups excluding carboxylic acids is 1. The molecule has 1 amide bonds. The summed E-state index contributed by atoms with van der Waals surface area (Å²) in [5.74, 6) is -0.663. The van der Waals surface area contributed by atoms with Gasteiger partial charge in [-0.1, -0.05) is 17.3 Å². The largest absolute Gasteiger partial charge is 0.373 e. The summed E-state index contributed by atoms with van der Waals surface area (Å²) < 4.78 is 51.9. The summed E-state index contributed by atoms with van der Waals surface area (Å²) in [5, 5.41) is 6.40. The maximum absolute atomic E-state index is 13.8. The van der Waals surface area contributed by atoms with Gasteiger partial charge in [-0.3, -0.25) is 4.79 Å². The molecule has 1 N–H and O–H groups in total. The van der Waals surface area contributed by atoms with Crippen molar-refractivity contribution >= 4 is 21.6 Å². The van der Waals surface area contributed by atoms with E-state index < -0.39 is 15.9 Å². The number of nitrogens with zero attached hydrogens (tertiary/aromatic N) is 2. The average molecular weight is 474 g/mol. The number of aryl methyl sites for hydroxylation is 1. The Kier molecular flexibility index (Phi) is 6.33. The number of carbonyl (C=O) groups is 1. The van der Waals surface area contributed by atoms with Crippen molar-refractivity contribution < 1.29 is 26.9 Å². The maximum Gasteiger partial charge on any atom is 0.277 e. The van der Waals surface area contributed by atoms with Crippen LogP contribution in [0, 0.1) is 12.7 Å². The van der Waals surface area contributed by atoms with Crippen LogP contribution in [0.15, 0.2) is 57.9 Å². The van der Waals surface area contributed by atoms with Crippen LogP contribution in [-0.4, -0.2) is 49.1 Å². The van der Waals surface area contributed by atoms with Crippen LogP contribution in [0.3, 0.4) is 0 Å². The van der Waals surface area contributed by atoms with Gasteiger partial charge in [-0.15, -0.1) is 0 Å². The van der Waals surface area contributed by atoms with Crippen LogP contribution in [0.5, 0.6) is 0 Å². The molecule has 0 aliphatic carbocycles. The van der Waals surface area contributed by atoms with E-state index in [2.05, 4.69) is 10.5 Å². The Hall–Kier alpha value is -3.08. The number of halogens is 1. The van der Waals surface area contributed by atoms with Crippen LogP contribution in [0.4, 0.5) is 10.1 Å². The second-order valence-electron chi connectivity index (χ2n) is 8.10. The normalized spacial score (nSPS) is 19.4. The smallest absolute Gasteiger partial charge is 0.277 e. The minimum atomic E-state index is -3.68. The predicted molar refractivity (Wildman–Crippen MR) is 120 cm³/mol. The number of ether oxygens (including phenoxy) is 1. The van der Waals surface area contributed by atoms with E-state index in [0.29, 0.717) is 16.8 Å². The molecule has 174 valence electrons. The van der Waals surface area contributed by atoms with E-state index in [9.17, 15) is 17.6 Å². The van der Waals surface area contributed by atoms with Gasteiger partial charge in [-0.25, -0.2) is 12.8 Å². The number of amides is 1. The van der Waals surface area contributed by atoms with Crippen molar-refractivity contribution in [2.24, 2.45) is 0 Å². The zero-order valence-corrected chi connectivity index (χ0v) is 19.2. The third-order valence-electron chi connectivity index (χ3n) is 5.34. The number of benzene rings is 2. The van der Waals surface area contributed by atoms with Crippen LogP contribution in [0.25, 0.3) is 11.3 Å². The quantitative estimate of drug-likeness (QED) is 0.604. The number of morpholine rings is 1. The molecule has 0 radical (unpaired) electrons. The van der Waals surface area contributed by atoms with E-state index in [0.717, 1.165) is 0 Å². The standard InChI is InChI=1S/C23H24FN3O5S/c1-14-4-5-17(10-20(14)24)22-11-21(26-32-22)23(28)25-18-6-8-19(9-7-18)33(29,30)27-12-15(2)31-16(3)13-27/h4-11,15-16H,12-13H2,1-3H3,(H,25,28)/t15-,16-/m1/s1. The highest BCUT2D eigenvalue weighted by atomic mass is 32.2. The molecule has 2 aromatic carbocycles. The van der Waals surface area contributed by atoms with Gasteiger partial charge >= 0.3 is 0 Å². The van der Waals surface area contributed by atoms with E-state index >= 15 is 0 Å². The number of aromatic nitrogens is 1. The van der Waals surface area contributed by atoms with Crippen LogP contribution < -0.4 is 5.32 Å². The van der Waals surface area contributed by atoms with Gasteiger partial charge in [-0.05, 0) is 56.7 Å². The number of nitrogens with one attached hydrogen (secondary N) is 1. The minimum Gasteiger partial charge on any atom is -0.373 e. The van der Waals surface area contributed by atoms with E-state index in [-0.39, 0.29) is 47.5 Å². The molecule has 0 saturated carbocycles. The van der Waals surface area contributed by atoms with Gasteiger partial charge in [0.05, 0.1) is 17.1 Å². The Morgan fingerprint density at radius 2 is 1.76 bits per heavy atom. The first kappa shape index (κ1) is 23.1. The van der Waals surface area contributed by atoms with E-state index in [1.54, 1.807) is 19.1 Å². The Morgan fingerprint density at radius 1 is 1.09 bits per heavy atom. The van der Waals surface area contributed by atoms with Crippen LogP contribution in [0.2, 0.25) is 0 Å². The summed E-state index contributed by atoms with van der Waals surface area (Å²) in [4.78, 5) is 12.7. The molecular formula is C23H24FN3O5S. The molecular weight excluding hydrogens is 449 g/mol. The first-order chi connectivity index (χ1) is 15.6. The first-order valence-corrected chi connectivity index (χ1v) is 11.9. The lowest BCUT2D eigenvalue weighted by Crippen LogP contribution is -2.48. The predicted octanol–water partition coefficient (Wildman–Crippen LogP) is 3.84. The lowest BCUT2D eigenvalue weighted by molar-refractivity contribution is -0.0440. The Morgan fingerprint density at radius 3 is 2.39 bits per heavy atom. The van der Waals surface area contributed by atoms with Crippen molar-refractivity contribution in [3.05, 3.63) is 65.6 Å². The third kappa shape index (κ3) is 4.97. The Labute approximate surface area is 191 Å². The number of rotatable bonds is 5. The van der Waals surface area contributed by atoms with Crippen molar-refractivity contribution in [2.75, 3.05) is 18.4 Å². The molecule has 3 aromatic rings. The second-order valence-corrected chi connectivity index (χ2v) is 10.0. The zero-order valence-electron chi connectivity index (χ0n) is 18.4. The molecule has 0 unspecified atom stereocenters. The molecule has 2 heterocycles. The second kappa shape index (κ2) is 9.05. The number of anilines is 1. The van der Waals surface area contributed by atoms with Crippen LogP contribution in [-0.2, 0) is 14.8 Å². The molecule has 8 nitrogen and oxygen atoms in total. The van der Waals surface area contributed by atoms with Crippen molar-refractivity contribution in [3.63, 3.8) is 0 Å². The van der Waals surface area contributed by atoms with Gasteiger partial charge in [0.1, 0.15) is 5.82 Å². The van der Waals surface area contributed by atoms with E-state index in [1.807, 2.05) is 13.8 Å². The molecule has 4 rings (SSSR count). The molecule has 1 aromatic heterocycles. The van der Waals surface area contributed by atoms with Gasteiger partial charge in [0.15, 0.2) is 11.5 Å². The molecule has 1 saturated heterocycles. The highest BCUT2D eigenvalue weighted by Gasteiger charge is 2.32. The van der Waals surface area contributed by atoms with Gasteiger partial charge < -0.3 is 14.6 Å². The SMILES string of the molecule is Cc1ccc(-c2cc(C(=O)Nc3ccc(S(=O)(=O)N4C[C@@H](C)O[C@H](C)C4)cc3)no2)cc1F. The fourth-order valence-electron chi connectivity index (χ4n) is 3.65. The first-order valence-electron chi connectivity index (χ1n) is 10.4. The van der Waals surface area contributed by atoms with Crippen molar-refractivity contribution in [1.29, 1.82) is 0 Å². The molecule has 1 fully saturated rings. The van der Waals surface area contributed by atoms with Gasteiger partial charge in [0, 0.05) is 30.4 Å². The minimum absolute atomic E-state index is 0.0129. The summed E-state index contributed by atoms with van der Waals surface area (Å²) in [5.41, 5.74) is 1.37. The third-order valence-corrected chi connectivity index (χ3v) is 7.18. The molecule has 0 spiro atoms. The van der Waals surface area contributed by atoms with Crippen LogP contribution in [0.1, 0.15) is 29.9 Å². The zero-order chi connectivity index (χ0) is 23.8. The highest BCUT2D eigenvalue weighted by Crippen LogP contribution is 2.25. The van der Waals surface area contributed by atoms with Gasteiger partial charge in [0.25, 0.3) is 5.91 Å². The summed E-state index contributed by atoms with van der Waals surface area (Å²) in [6, 6.07) is 11.9. The lowest BCUT2D eigenvalue weighted by atomic mass is 10.1. The average Bonchev–Trinajstić information content (AvgIpc) is 3.26. The molecule has 1 aliphatic rings. The number of hydrogen-bond acceptors (Lipinski definition) is 6. The van der Waals surface area contributed by atoms with E-state index in [1.165, 1.54) is 40.7 Å². The number of sulfonamides is 1. The summed E-state index contributed by atoms with van der Waals surface area (Å²) in [6.45, 7) is 5.88. The molecule has 2 atom stereocenters. The molecule has 10 heteroatoms. The highest BCUT2D eigenvalue weighted by molar-refractivity contribution is 7.89. The summed E-state index contributed by atoms with van der Waals surface area (Å²) in [7, 11) is -3.68. The van der Waals surface area contributed by atoms with Gasteiger partial charge in [-0.2, -0.15) is 4.31 Å². The Balaban J connectivity index is 1.45. The fraction of sp³-hybridized carbons (Fsp3) is 0.304. The molecule has 0 bridgehead atoms. The lowest BCUT2D eigenvalue weighted by Gasteiger charge is -2.34. The van der Waals surface area contributed by atoms with Gasteiger partial charge in [0.2, 0.25) is 10.0 Å². The van der Waals surface area contributed by atoms with Crippen molar-refractivity contribution in [2.45, 2.75) is 37.9 Å².